The van der Waals surface area contributed by atoms with E-state index >= 15 is 0 Å². The fourth-order valence-corrected chi connectivity index (χ4v) is 8.05. The Balaban J connectivity index is 1.63. The van der Waals surface area contributed by atoms with E-state index in [4.69, 9.17) is 4.74 Å². The number of fused-ring (bicyclic) bond motifs is 5. The highest BCUT2D eigenvalue weighted by molar-refractivity contribution is 5.79. The molecule has 168 valence electrons. The summed E-state index contributed by atoms with van der Waals surface area (Å²) >= 11 is 0. The van der Waals surface area contributed by atoms with Crippen LogP contribution in [0.15, 0.2) is 11.6 Å². The third-order valence-corrected chi connectivity index (χ3v) is 9.65. The Kier molecular flexibility index (Phi) is 5.93. The van der Waals surface area contributed by atoms with Gasteiger partial charge in [-0.25, -0.2) is 0 Å². The van der Waals surface area contributed by atoms with Crippen molar-refractivity contribution in [1.29, 1.82) is 0 Å². The lowest BCUT2D eigenvalue weighted by atomic mass is 9.46. The Morgan fingerprint density at radius 2 is 1.97 bits per heavy atom. The van der Waals surface area contributed by atoms with Gasteiger partial charge in [0.05, 0.1) is 6.10 Å². The highest BCUT2D eigenvalue weighted by Gasteiger charge is 2.61. The summed E-state index contributed by atoms with van der Waals surface area (Å²) in [6.07, 6.45) is 10.7. The summed E-state index contributed by atoms with van der Waals surface area (Å²) in [5, 5.41) is 10.5. The van der Waals surface area contributed by atoms with Crippen LogP contribution in [0.1, 0.15) is 91.9 Å². The molecule has 0 aliphatic heterocycles. The van der Waals surface area contributed by atoms with Crippen molar-refractivity contribution in [3.63, 3.8) is 0 Å². The average molecular weight is 417 g/mol. The van der Waals surface area contributed by atoms with Crippen molar-refractivity contribution in [2.45, 2.75) is 104 Å². The summed E-state index contributed by atoms with van der Waals surface area (Å²) in [6, 6.07) is 0. The molecule has 0 bridgehead atoms. The van der Waals surface area contributed by atoms with Crippen molar-refractivity contribution in [2.24, 2.45) is 34.5 Å². The molecule has 0 saturated heterocycles. The van der Waals surface area contributed by atoms with Crippen LogP contribution in [0.2, 0.25) is 0 Å². The average Bonchev–Trinajstić information content (AvgIpc) is 3.05. The lowest BCUT2D eigenvalue weighted by Crippen LogP contribution is -2.56. The molecule has 4 aliphatic rings. The van der Waals surface area contributed by atoms with Crippen LogP contribution in [0.4, 0.5) is 0 Å². The number of aliphatic hydroxyl groups excluding tert-OH is 1. The summed E-state index contributed by atoms with van der Waals surface area (Å²) in [5.41, 5.74) is 1.25. The van der Waals surface area contributed by atoms with E-state index in [1.165, 1.54) is 5.57 Å². The van der Waals surface area contributed by atoms with Crippen LogP contribution in [0, 0.1) is 34.5 Å². The highest BCUT2D eigenvalue weighted by atomic mass is 16.5. The maximum absolute atomic E-state index is 12.5. The number of unbranched alkanes of at least 4 members (excludes halogenated alkanes) is 1. The van der Waals surface area contributed by atoms with E-state index in [1.807, 2.05) is 0 Å². The fourth-order valence-electron chi connectivity index (χ4n) is 8.05. The molecule has 1 N–H and O–H groups in total. The molecule has 0 heterocycles. The fraction of sp³-hybridized carbons (Fsp3) is 0.846. The third-order valence-electron chi connectivity index (χ3n) is 9.65. The number of rotatable bonds is 5. The summed E-state index contributed by atoms with van der Waals surface area (Å²) in [4.78, 5) is 24.9. The first-order valence-corrected chi connectivity index (χ1v) is 12.3. The zero-order chi connectivity index (χ0) is 21.7. The molecule has 3 fully saturated rings. The standard InChI is InChI=1S/C26H40O4/c1-5-6-7-24(29)30-23-15-18(28)14-17-8-9-19-21-11-10-20(16(2)27)25(21,3)13-12-22(19)26(17,23)4/h8,18-23,28H,5-7,9-15H2,1-4H3/t18-,19?,20+,21?,22?,23?,25+,26-/m0/s1. The second-order valence-corrected chi connectivity index (χ2v) is 11.1. The summed E-state index contributed by atoms with van der Waals surface area (Å²) in [6.45, 7) is 8.53. The van der Waals surface area contributed by atoms with Crippen LogP contribution in [0.25, 0.3) is 0 Å². The molecule has 4 rings (SSSR count). The molecule has 0 aromatic heterocycles. The summed E-state index contributed by atoms with van der Waals surface area (Å²) in [5.74, 6) is 2.05. The second-order valence-electron chi connectivity index (χ2n) is 11.1. The van der Waals surface area contributed by atoms with Crippen LogP contribution in [-0.2, 0) is 14.3 Å². The van der Waals surface area contributed by atoms with Crippen molar-refractivity contribution in [3.8, 4) is 0 Å². The number of aliphatic hydroxyl groups is 1. The number of hydrogen-bond acceptors (Lipinski definition) is 4. The minimum absolute atomic E-state index is 0.114. The normalized spacial score (nSPS) is 45.0. The molecule has 0 aromatic rings. The minimum atomic E-state index is -0.424. The lowest BCUT2D eigenvalue weighted by molar-refractivity contribution is -0.169. The van der Waals surface area contributed by atoms with Gasteiger partial charge in [-0.05, 0) is 75.0 Å². The third kappa shape index (κ3) is 3.38. The quantitative estimate of drug-likeness (QED) is 0.492. The molecule has 30 heavy (non-hydrogen) atoms. The Labute approximate surface area is 181 Å². The molecule has 0 radical (unpaired) electrons. The molecule has 8 atom stereocenters. The Bertz CT molecular complexity index is 727. The second kappa shape index (κ2) is 8.07. The van der Waals surface area contributed by atoms with Gasteiger partial charge in [0.25, 0.3) is 0 Å². The Hall–Kier alpha value is -1.16. The predicted molar refractivity (Wildman–Crippen MR) is 117 cm³/mol. The van der Waals surface area contributed by atoms with Crippen molar-refractivity contribution in [1.82, 2.24) is 0 Å². The molecular weight excluding hydrogens is 376 g/mol. The lowest BCUT2D eigenvalue weighted by Gasteiger charge is -2.59. The molecule has 4 unspecified atom stereocenters. The van der Waals surface area contributed by atoms with E-state index in [0.29, 0.717) is 42.8 Å². The topological polar surface area (TPSA) is 63.6 Å². The Morgan fingerprint density at radius 3 is 2.67 bits per heavy atom. The molecule has 3 saturated carbocycles. The van der Waals surface area contributed by atoms with E-state index in [-0.39, 0.29) is 28.8 Å². The molecule has 0 spiro atoms. The zero-order valence-electron chi connectivity index (χ0n) is 19.3. The van der Waals surface area contributed by atoms with Gasteiger partial charge >= 0.3 is 5.97 Å². The van der Waals surface area contributed by atoms with E-state index in [9.17, 15) is 14.7 Å². The van der Waals surface area contributed by atoms with Crippen LogP contribution >= 0.6 is 0 Å². The van der Waals surface area contributed by atoms with E-state index in [2.05, 4.69) is 26.8 Å². The number of allylic oxidation sites excluding steroid dienone is 1. The van der Waals surface area contributed by atoms with Crippen molar-refractivity contribution < 1.29 is 19.4 Å². The smallest absolute Gasteiger partial charge is 0.306 e. The number of ether oxygens (including phenoxy) is 1. The van der Waals surface area contributed by atoms with E-state index in [0.717, 1.165) is 44.9 Å². The molecule has 4 nitrogen and oxygen atoms in total. The van der Waals surface area contributed by atoms with Gasteiger partial charge in [0, 0.05) is 24.2 Å². The first-order valence-electron chi connectivity index (χ1n) is 12.3. The molecule has 4 aliphatic carbocycles. The molecule has 0 aromatic carbocycles. The van der Waals surface area contributed by atoms with Gasteiger partial charge < -0.3 is 9.84 Å². The van der Waals surface area contributed by atoms with Gasteiger partial charge in [-0.1, -0.05) is 38.8 Å². The maximum atomic E-state index is 12.5. The van der Waals surface area contributed by atoms with Crippen LogP contribution in [-0.4, -0.2) is 29.1 Å². The van der Waals surface area contributed by atoms with Gasteiger partial charge in [-0.15, -0.1) is 0 Å². The largest absolute Gasteiger partial charge is 0.461 e. The van der Waals surface area contributed by atoms with Crippen molar-refractivity contribution in [3.05, 3.63) is 11.6 Å². The maximum Gasteiger partial charge on any atom is 0.306 e. The number of Topliss-reactive ketones (excluding diaryl/α,β-unsaturated/α-hetero) is 1. The van der Waals surface area contributed by atoms with Gasteiger partial charge in [-0.2, -0.15) is 0 Å². The number of carbonyl (C=O) groups is 2. The van der Waals surface area contributed by atoms with Crippen molar-refractivity contribution >= 4 is 11.8 Å². The summed E-state index contributed by atoms with van der Waals surface area (Å²) < 4.78 is 6.09. The highest BCUT2D eigenvalue weighted by Crippen LogP contribution is 2.66. The van der Waals surface area contributed by atoms with Crippen LogP contribution in [0.3, 0.4) is 0 Å². The van der Waals surface area contributed by atoms with Crippen LogP contribution < -0.4 is 0 Å². The van der Waals surface area contributed by atoms with E-state index < -0.39 is 6.10 Å². The Morgan fingerprint density at radius 1 is 1.20 bits per heavy atom. The number of hydrogen-bond donors (Lipinski definition) is 1. The van der Waals surface area contributed by atoms with Gasteiger partial charge in [0.2, 0.25) is 0 Å². The van der Waals surface area contributed by atoms with Gasteiger partial charge in [0.1, 0.15) is 11.9 Å². The minimum Gasteiger partial charge on any atom is -0.461 e. The number of esters is 1. The van der Waals surface area contributed by atoms with Gasteiger partial charge in [-0.3, -0.25) is 9.59 Å². The number of ketones is 1. The van der Waals surface area contributed by atoms with Crippen LogP contribution in [0.5, 0.6) is 0 Å². The van der Waals surface area contributed by atoms with E-state index in [1.54, 1.807) is 6.92 Å². The van der Waals surface area contributed by atoms with Crippen molar-refractivity contribution in [2.75, 3.05) is 0 Å². The summed E-state index contributed by atoms with van der Waals surface area (Å²) in [7, 11) is 0. The number of carbonyl (C=O) groups excluding carboxylic acids is 2. The first-order chi connectivity index (χ1) is 14.2. The predicted octanol–water partition coefficient (Wildman–Crippen LogP) is 5.23. The van der Waals surface area contributed by atoms with Gasteiger partial charge in [0.15, 0.2) is 0 Å². The monoisotopic (exact) mass is 416 g/mol. The molecule has 0 amide bonds. The molecular formula is C26H40O4. The first kappa shape index (κ1) is 22.0. The molecule has 4 heteroatoms. The zero-order valence-corrected chi connectivity index (χ0v) is 19.3. The SMILES string of the molecule is CCCCC(=O)OC1C[C@@H](O)CC2=CCC3C(CC[C@@]4(C)C3CC[C@@H]4C(C)=O)[C@]21C.